The molecule has 0 saturated heterocycles. The van der Waals surface area contributed by atoms with Gasteiger partial charge in [-0.15, -0.1) is 0 Å². The maximum absolute atomic E-state index is 13.5. The molecule has 0 amide bonds. The highest BCUT2D eigenvalue weighted by Crippen LogP contribution is 2.49. The number of sulfonamides is 1. The summed E-state index contributed by atoms with van der Waals surface area (Å²) in [5.41, 5.74) is 0. The number of nitrogens with one attached hydrogen (secondary N) is 1. The minimum Gasteiger partial charge on any atom is -0.318 e. The summed E-state index contributed by atoms with van der Waals surface area (Å²) >= 11 is 0. The van der Waals surface area contributed by atoms with E-state index in [1.807, 2.05) is 7.05 Å². The lowest BCUT2D eigenvalue weighted by molar-refractivity contribution is -0.272. The average Bonchev–Trinajstić information content (AvgIpc) is 3.01. The first-order valence-corrected chi connectivity index (χ1v) is 18.9. The maximum atomic E-state index is 13.5. The summed E-state index contributed by atoms with van der Waals surface area (Å²) in [6.45, 7) is 21.9. The van der Waals surface area contributed by atoms with Crippen molar-refractivity contribution in [3.63, 3.8) is 0 Å². The Kier molecular flexibility index (Phi) is 26.2. The zero-order chi connectivity index (χ0) is 42.8. The van der Waals surface area contributed by atoms with Crippen molar-refractivity contribution in [1.29, 1.82) is 0 Å². The molecule has 0 rings (SSSR count). The Morgan fingerprint density at radius 2 is 0.788 bits per heavy atom. The van der Waals surface area contributed by atoms with Gasteiger partial charge in [0, 0.05) is 47.1 Å². The molecule has 0 unspecified atom stereocenters. The molecule has 0 aromatic carbocycles. The first kappa shape index (κ1) is 57.5. The second-order valence-corrected chi connectivity index (χ2v) is 14.5. The average molecular weight is 838 g/mol. The van der Waals surface area contributed by atoms with E-state index >= 15 is 0 Å². The Hall–Kier alpha value is -1.21. The zero-order valence-corrected chi connectivity index (χ0v) is 33.1. The van der Waals surface area contributed by atoms with Gasteiger partial charge in [0.05, 0.1) is 0 Å². The van der Waals surface area contributed by atoms with Gasteiger partial charge in [0.1, 0.15) is 0 Å². The smallest absolute Gasteiger partial charge is 0.318 e. The van der Waals surface area contributed by atoms with E-state index in [1.165, 1.54) is 26.2 Å². The fourth-order valence-electron chi connectivity index (χ4n) is 3.44. The van der Waals surface area contributed by atoms with Crippen LogP contribution in [0.15, 0.2) is 0 Å². The van der Waals surface area contributed by atoms with E-state index in [9.17, 15) is 73.4 Å². The largest absolute Gasteiger partial charge is 0.442 e. The van der Waals surface area contributed by atoms with Crippen molar-refractivity contribution >= 4 is 20.2 Å². The summed E-state index contributed by atoms with van der Waals surface area (Å²) < 4.78 is 205. The summed E-state index contributed by atoms with van der Waals surface area (Å²) in [7, 11) is -10.4. The maximum Gasteiger partial charge on any atom is 0.442 e. The summed E-state index contributed by atoms with van der Waals surface area (Å²) in [5.74, 6) is -22.9. The van der Waals surface area contributed by atoms with Gasteiger partial charge < -0.3 is 20.0 Å². The highest BCUT2D eigenvalue weighted by molar-refractivity contribution is 7.90. The van der Waals surface area contributed by atoms with Gasteiger partial charge in [-0.05, 0) is 52.9 Å². The van der Waals surface area contributed by atoms with Crippen LogP contribution < -0.4 is 5.32 Å². The molecule has 24 heteroatoms. The summed E-state index contributed by atoms with van der Waals surface area (Å²) in [5, 5.41) is -9.26. The van der Waals surface area contributed by atoms with Gasteiger partial charge in [-0.3, -0.25) is 0 Å². The number of rotatable bonds is 20. The van der Waals surface area contributed by atoms with Crippen LogP contribution >= 0.6 is 0 Å². The van der Waals surface area contributed by atoms with E-state index in [1.54, 1.807) is 18.7 Å². The van der Waals surface area contributed by atoms with Crippen LogP contribution in [-0.4, -0.2) is 156 Å². The summed E-state index contributed by atoms with van der Waals surface area (Å²) in [6.07, 6.45) is 0. The Bertz CT molecular complexity index is 1160. The molecule has 1 N–H and O–H groups in total. The molecule has 0 aromatic rings. The summed E-state index contributed by atoms with van der Waals surface area (Å²) in [4.78, 5) is 6.44. The van der Waals surface area contributed by atoms with Gasteiger partial charge in [-0.1, -0.05) is 52.4 Å². The van der Waals surface area contributed by atoms with Crippen LogP contribution in [0.4, 0.5) is 56.6 Å². The van der Waals surface area contributed by atoms with Crippen LogP contribution in [0, 0.1) is 0 Å². The highest BCUT2D eigenvalue weighted by Gasteiger charge is 2.77. The fraction of sp³-hybridized carbons (Fsp3) is 1.00. The molecule has 0 radical (unpaired) electrons. The van der Waals surface area contributed by atoms with Gasteiger partial charge in [-0.25, -0.2) is 8.42 Å². The normalized spacial score (nSPS) is 13.8. The number of nitrogens with zero attached hydrogens (tertiary/aromatic N) is 4. The predicted octanol–water partition coefficient (Wildman–Crippen LogP) is 6.54. The second-order valence-electron chi connectivity index (χ2n) is 11.0. The van der Waals surface area contributed by atoms with Gasteiger partial charge in [0.2, 0.25) is 0 Å². The SMILES string of the molecule is CC(F)(F)C(F)(F)C(F)(F)S(=O)(=O)F.CCN(CC)CC.CCN(CC)CCN(C)S(=O)(=O)C(F)(F)C(F)(F)C(C)(F)F.CCN(CC)CCNC. The molecule has 0 aliphatic rings. The Morgan fingerprint density at radius 1 is 0.500 bits per heavy atom. The lowest BCUT2D eigenvalue weighted by Crippen LogP contribution is -2.60. The summed E-state index contributed by atoms with van der Waals surface area (Å²) in [6, 6.07) is 0. The van der Waals surface area contributed by atoms with E-state index in [2.05, 4.69) is 49.7 Å². The molecule has 0 bridgehead atoms. The lowest BCUT2D eigenvalue weighted by Gasteiger charge is -2.33. The fourth-order valence-corrected chi connectivity index (χ4v) is 5.15. The molecule has 0 aliphatic heterocycles. The Labute approximate surface area is 300 Å². The Balaban J connectivity index is -0.000000327. The van der Waals surface area contributed by atoms with E-state index in [-0.39, 0.29) is 10.8 Å². The van der Waals surface area contributed by atoms with Crippen molar-refractivity contribution in [2.45, 2.75) is 96.5 Å². The van der Waals surface area contributed by atoms with E-state index in [0.717, 1.165) is 19.6 Å². The topological polar surface area (TPSA) is 93.3 Å². The van der Waals surface area contributed by atoms with Crippen molar-refractivity contribution in [1.82, 2.24) is 24.3 Å². The number of hydrogen-bond donors (Lipinski definition) is 1. The van der Waals surface area contributed by atoms with E-state index in [0.29, 0.717) is 20.1 Å². The molecule has 0 atom stereocenters. The molecule has 0 aliphatic carbocycles. The predicted molar refractivity (Wildman–Crippen MR) is 176 cm³/mol. The lowest BCUT2D eigenvalue weighted by atomic mass is 10.2. The van der Waals surface area contributed by atoms with Crippen molar-refractivity contribution < 1.29 is 73.4 Å². The van der Waals surface area contributed by atoms with Crippen molar-refractivity contribution in [2.24, 2.45) is 0 Å². The number of hydrogen-bond acceptors (Lipinski definition) is 8. The number of halogens is 13. The van der Waals surface area contributed by atoms with Gasteiger partial charge in [0.25, 0.3) is 10.0 Å². The highest BCUT2D eigenvalue weighted by atomic mass is 32.3. The van der Waals surface area contributed by atoms with Crippen LogP contribution in [0.1, 0.15) is 62.3 Å². The van der Waals surface area contributed by atoms with Gasteiger partial charge in [-0.2, -0.15) is 65.4 Å². The molecule has 0 heterocycles. The van der Waals surface area contributed by atoms with Gasteiger partial charge >= 0.3 is 44.4 Å². The van der Waals surface area contributed by atoms with Crippen LogP contribution in [0.5, 0.6) is 0 Å². The molecule has 0 fully saturated rings. The van der Waals surface area contributed by atoms with Crippen LogP contribution in [0.2, 0.25) is 0 Å². The van der Waals surface area contributed by atoms with Crippen LogP contribution in [0.3, 0.4) is 0 Å². The monoisotopic (exact) mass is 837 g/mol. The third kappa shape index (κ3) is 16.7. The molecular formula is C28H56F13N5O4S2. The zero-order valence-electron chi connectivity index (χ0n) is 31.4. The molecule has 9 nitrogen and oxygen atoms in total. The molecule has 0 spiro atoms. The standard InChI is InChI=1S/C11H20F6N2O2S.C7H18N2.C6H15N.C4H3F7O2S/c1-5-19(6-2)8-7-18(4)22(20,21)11(16,17)10(14,15)9(3,12)13;1-4-9(5-2)7-6-8-3;1-4-7(5-2)6-3;1-2(5,6)3(7,8)4(9,10)14(11,12)13/h5-8H2,1-4H3;8H,4-7H2,1-3H3;4-6H2,1-3H3;1H3. The molecule has 52 heavy (non-hydrogen) atoms. The van der Waals surface area contributed by atoms with Crippen LogP contribution in [-0.2, 0) is 20.2 Å². The van der Waals surface area contributed by atoms with E-state index < -0.39 is 74.8 Å². The molecule has 320 valence electrons. The van der Waals surface area contributed by atoms with Gasteiger partial charge in [0.15, 0.2) is 0 Å². The minimum atomic E-state index is -7.11. The van der Waals surface area contributed by atoms with Crippen molar-refractivity contribution in [3.8, 4) is 0 Å². The molecule has 0 aromatic heterocycles. The number of likely N-dealkylation sites (N-methyl/N-ethyl adjacent to an activating group) is 4. The minimum absolute atomic E-state index is 0.00684. The first-order valence-electron chi connectivity index (χ1n) is 16.1. The third-order valence-electron chi connectivity index (χ3n) is 7.41. The quantitative estimate of drug-likeness (QED) is 0.109. The van der Waals surface area contributed by atoms with Crippen molar-refractivity contribution in [3.05, 3.63) is 0 Å². The van der Waals surface area contributed by atoms with Crippen molar-refractivity contribution in [2.75, 3.05) is 86.1 Å². The van der Waals surface area contributed by atoms with E-state index in [4.69, 9.17) is 0 Å². The first-order chi connectivity index (χ1) is 23.1. The molecule has 0 saturated carbocycles. The van der Waals surface area contributed by atoms with Crippen LogP contribution in [0.25, 0.3) is 0 Å². The Morgan fingerprint density at radius 3 is 1.00 bits per heavy atom. The molecular weight excluding hydrogens is 781 g/mol. The second kappa shape index (κ2) is 23.7. The third-order valence-corrected chi connectivity index (χ3v) is 10.2. The number of alkyl halides is 12.